The molecule has 0 amide bonds. The first-order valence-corrected chi connectivity index (χ1v) is 6.46. The van der Waals surface area contributed by atoms with Gasteiger partial charge in [0.2, 0.25) is 0 Å². The topological polar surface area (TPSA) is 66.3 Å². The summed E-state index contributed by atoms with van der Waals surface area (Å²) in [5, 5.41) is 9.44. The van der Waals surface area contributed by atoms with E-state index in [9.17, 15) is 4.79 Å². The van der Waals surface area contributed by atoms with Crippen molar-refractivity contribution in [3.05, 3.63) is 52.9 Å². The highest BCUT2D eigenvalue weighted by molar-refractivity contribution is 6.29. The van der Waals surface area contributed by atoms with Crippen molar-refractivity contribution in [3.63, 3.8) is 0 Å². The molecule has 0 radical (unpaired) electrons. The first-order valence-electron chi connectivity index (χ1n) is 6.09. The lowest BCUT2D eigenvalue weighted by molar-refractivity contribution is 0.0697. The van der Waals surface area contributed by atoms with Gasteiger partial charge in [-0.05, 0) is 24.3 Å². The maximum absolute atomic E-state index is 11.2. The third-order valence-electron chi connectivity index (χ3n) is 2.86. The highest BCUT2D eigenvalue weighted by atomic mass is 35.5. The molecule has 104 valence electrons. The Balaban J connectivity index is 2.14. The molecule has 2 rings (SSSR count). The quantitative estimate of drug-likeness (QED) is 0.858. The minimum absolute atomic E-state index is 0.137. The largest absolute Gasteiger partial charge is 0.478 e. The number of pyridine rings is 2. The van der Waals surface area contributed by atoms with Crippen LogP contribution in [0.15, 0.2) is 36.5 Å². The zero-order valence-electron chi connectivity index (χ0n) is 11.0. The number of carboxylic acids is 1. The average Bonchev–Trinajstić information content (AvgIpc) is 2.45. The van der Waals surface area contributed by atoms with E-state index in [0.29, 0.717) is 18.8 Å². The zero-order chi connectivity index (χ0) is 14.5. The fourth-order valence-corrected chi connectivity index (χ4v) is 1.96. The van der Waals surface area contributed by atoms with Crippen molar-refractivity contribution < 1.29 is 9.90 Å². The number of nitrogens with zero attached hydrogens (tertiary/aromatic N) is 3. The highest BCUT2D eigenvalue weighted by Crippen LogP contribution is 2.20. The monoisotopic (exact) mass is 291 g/mol. The minimum atomic E-state index is -1.02. The van der Waals surface area contributed by atoms with Gasteiger partial charge in [0.15, 0.2) is 0 Å². The standard InChI is InChI=1S/C14H14ClN3O2/c1-18(9-7-10-4-2-3-8-16-10)13-11(14(19)20)5-6-12(15)17-13/h2-6,8H,7,9H2,1H3,(H,19,20). The summed E-state index contributed by atoms with van der Waals surface area (Å²) >= 11 is 5.84. The smallest absolute Gasteiger partial charge is 0.339 e. The van der Waals surface area contributed by atoms with Crippen LogP contribution in [0.2, 0.25) is 5.15 Å². The second-order valence-corrected chi connectivity index (χ2v) is 4.69. The Hall–Kier alpha value is -2.14. The van der Waals surface area contributed by atoms with Gasteiger partial charge in [0.05, 0.1) is 0 Å². The summed E-state index contributed by atoms with van der Waals surface area (Å²) in [6.07, 6.45) is 2.43. The Labute approximate surface area is 121 Å². The Morgan fingerprint density at radius 3 is 2.80 bits per heavy atom. The maximum Gasteiger partial charge on any atom is 0.339 e. The number of anilines is 1. The Morgan fingerprint density at radius 2 is 2.15 bits per heavy atom. The molecule has 2 aromatic heterocycles. The predicted molar refractivity (Wildman–Crippen MR) is 77.4 cm³/mol. The van der Waals surface area contributed by atoms with Gasteiger partial charge in [-0.2, -0.15) is 0 Å². The molecule has 0 aromatic carbocycles. The highest BCUT2D eigenvalue weighted by Gasteiger charge is 2.15. The third-order valence-corrected chi connectivity index (χ3v) is 3.07. The average molecular weight is 292 g/mol. The molecule has 20 heavy (non-hydrogen) atoms. The summed E-state index contributed by atoms with van der Waals surface area (Å²) in [5.41, 5.74) is 1.08. The molecule has 0 aliphatic rings. The van der Waals surface area contributed by atoms with Crippen molar-refractivity contribution in [3.8, 4) is 0 Å². The summed E-state index contributed by atoms with van der Waals surface area (Å²) in [6.45, 7) is 0.602. The van der Waals surface area contributed by atoms with Crippen molar-refractivity contribution >= 4 is 23.4 Å². The van der Waals surface area contributed by atoms with Crippen molar-refractivity contribution in [1.29, 1.82) is 0 Å². The van der Waals surface area contributed by atoms with Crippen LogP contribution in [0.4, 0.5) is 5.82 Å². The molecule has 0 aliphatic heterocycles. The van der Waals surface area contributed by atoms with E-state index in [1.165, 1.54) is 12.1 Å². The number of aromatic nitrogens is 2. The normalized spacial score (nSPS) is 10.3. The van der Waals surface area contributed by atoms with E-state index < -0.39 is 5.97 Å². The van der Waals surface area contributed by atoms with Gasteiger partial charge in [-0.25, -0.2) is 9.78 Å². The number of rotatable bonds is 5. The Morgan fingerprint density at radius 1 is 1.35 bits per heavy atom. The fraction of sp³-hybridized carbons (Fsp3) is 0.214. The van der Waals surface area contributed by atoms with E-state index >= 15 is 0 Å². The lowest BCUT2D eigenvalue weighted by Gasteiger charge is -2.19. The van der Waals surface area contributed by atoms with E-state index in [1.54, 1.807) is 18.1 Å². The van der Waals surface area contributed by atoms with Gasteiger partial charge < -0.3 is 10.0 Å². The van der Waals surface area contributed by atoms with E-state index in [0.717, 1.165) is 5.69 Å². The molecular weight excluding hydrogens is 278 g/mol. The van der Waals surface area contributed by atoms with Crippen LogP contribution in [0.1, 0.15) is 16.1 Å². The third kappa shape index (κ3) is 3.45. The number of aromatic carboxylic acids is 1. The van der Waals surface area contributed by atoms with Gasteiger partial charge in [0.1, 0.15) is 16.5 Å². The number of carboxylic acid groups (broad SMARTS) is 1. The molecule has 0 unspecified atom stereocenters. The first kappa shape index (κ1) is 14.3. The number of hydrogen-bond donors (Lipinski definition) is 1. The van der Waals surface area contributed by atoms with Crippen LogP contribution >= 0.6 is 11.6 Å². The van der Waals surface area contributed by atoms with Crippen molar-refractivity contribution in [1.82, 2.24) is 9.97 Å². The molecule has 2 heterocycles. The fourth-order valence-electron chi connectivity index (χ4n) is 1.82. The summed E-state index contributed by atoms with van der Waals surface area (Å²) in [5.74, 6) is -0.658. The van der Waals surface area contributed by atoms with Crippen molar-refractivity contribution in [2.24, 2.45) is 0 Å². The maximum atomic E-state index is 11.2. The van der Waals surface area contributed by atoms with Crippen LogP contribution in [0.5, 0.6) is 0 Å². The van der Waals surface area contributed by atoms with Gasteiger partial charge in [-0.1, -0.05) is 17.7 Å². The number of likely N-dealkylation sites (N-methyl/N-ethyl adjacent to an activating group) is 1. The molecule has 0 atom stereocenters. The summed E-state index contributed by atoms with van der Waals surface area (Å²) in [4.78, 5) is 21.3. The molecule has 0 bridgehead atoms. The summed E-state index contributed by atoms with van der Waals surface area (Å²) in [7, 11) is 1.79. The molecule has 0 saturated carbocycles. The molecule has 1 N–H and O–H groups in total. The van der Waals surface area contributed by atoms with Crippen LogP contribution in [0.3, 0.4) is 0 Å². The van der Waals surface area contributed by atoms with Crippen LogP contribution in [-0.2, 0) is 6.42 Å². The van der Waals surface area contributed by atoms with E-state index in [4.69, 9.17) is 16.7 Å². The number of carbonyl (C=O) groups is 1. The van der Waals surface area contributed by atoms with E-state index in [-0.39, 0.29) is 10.7 Å². The first-order chi connectivity index (χ1) is 9.58. The molecule has 0 spiro atoms. The van der Waals surface area contributed by atoms with Crippen LogP contribution in [0.25, 0.3) is 0 Å². The number of hydrogen-bond acceptors (Lipinski definition) is 4. The lowest BCUT2D eigenvalue weighted by atomic mass is 10.2. The van der Waals surface area contributed by atoms with Gasteiger partial charge in [-0.3, -0.25) is 4.98 Å². The van der Waals surface area contributed by atoms with Gasteiger partial charge in [0.25, 0.3) is 0 Å². The van der Waals surface area contributed by atoms with Crippen LogP contribution in [0, 0.1) is 0 Å². The van der Waals surface area contributed by atoms with Crippen LogP contribution in [-0.4, -0.2) is 34.6 Å². The van der Waals surface area contributed by atoms with E-state index in [1.807, 2.05) is 18.2 Å². The zero-order valence-corrected chi connectivity index (χ0v) is 11.7. The van der Waals surface area contributed by atoms with Crippen LogP contribution < -0.4 is 4.90 Å². The molecule has 5 nitrogen and oxygen atoms in total. The Bertz CT molecular complexity index is 605. The van der Waals surface area contributed by atoms with Crippen molar-refractivity contribution in [2.75, 3.05) is 18.5 Å². The van der Waals surface area contributed by atoms with E-state index in [2.05, 4.69) is 9.97 Å². The number of halogens is 1. The summed E-state index contributed by atoms with van der Waals surface area (Å²) in [6, 6.07) is 8.64. The minimum Gasteiger partial charge on any atom is -0.478 e. The van der Waals surface area contributed by atoms with Gasteiger partial charge >= 0.3 is 5.97 Å². The lowest BCUT2D eigenvalue weighted by Crippen LogP contribution is -2.24. The molecule has 0 saturated heterocycles. The molecule has 0 aliphatic carbocycles. The molecule has 2 aromatic rings. The second kappa shape index (κ2) is 6.34. The molecule has 6 heteroatoms. The Kier molecular flexibility index (Phi) is 4.53. The summed E-state index contributed by atoms with van der Waals surface area (Å²) < 4.78 is 0. The van der Waals surface area contributed by atoms with Crippen molar-refractivity contribution in [2.45, 2.75) is 6.42 Å². The SMILES string of the molecule is CN(CCc1ccccn1)c1nc(Cl)ccc1C(=O)O. The predicted octanol–water partition coefficient (Wildman–Crippen LogP) is 2.51. The van der Waals surface area contributed by atoms with Gasteiger partial charge in [0, 0.05) is 31.9 Å². The molecule has 0 fully saturated rings. The van der Waals surface area contributed by atoms with Gasteiger partial charge in [-0.15, -0.1) is 0 Å². The second-order valence-electron chi connectivity index (χ2n) is 4.30. The molecular formula is C14H14ClN3O2.